The number of alkyl halides is 1. The molecule has 0 rings (SSSR count). The van der Waals surface area contributed by atoms with Crippen molar-refractivity contribution in [2.75, 3.05) is 24.8 Å². The molecule has 0 aliphatic rings. The second-order valence-electron chi connectivity index (χ2n) is 2.77. The lowest BCUT2D eigenvalue weighted by molar-refractivity contribution is 0.151. The maximum Gasteiger partial charge on any atom is 0.0556 e. The van der Waals surface area contributed by atoms with E-state index in [1.807, 2.05) is 11.8 Å². The molecule has 0 fully saturated rings. The van der Waals surface area contributed by atoms with Crippen molar-refractivity contribution in [3.05, 3.63) is 0 Å². The zero-order valence-electron chi connectivity index (χ0n) is 8.01. The molecule has 0 saturated heterocycles. The molecule has 0 aliphatic heterocycles. The first kappa shape index (κ1) is 12.6. The molecule has 0 saturated carbocycles. The fourth-order valence-electron chi connectivity index (χ4n) is 0.792. The van der Waals surface area contributed by atoms with Crippen molar-refractivity contribution < 1.29 is 4.74 Å². The van der Waals surface area contributed by atoms with Crippen LogP contribution in [0.5, 0.6) is 0 Å². The Hall–Kier alpha value is 0.600. The van der Waals surface area contributed by atoms with Crippen LogP contribution in [0.2, 0.25) is 0 Å². The summed E-state index contributed by atoms with van der Waals surface area (Å²) in [5.74, 6) is 1.86. The van der Waals surface area contributed by atoms with Crippen molar-refractivity contribution in [1.82, 2.24) is 0 Å². The number of ether oxygens (including phenoxy) is 1. The van der Waals surface area contributed by atoms with Gasteiger partial charge in [0.1, 0.15) is 0 Å². The summed E-state index contributed by atoms with van der Waals surface area (Å²) in [6, 6.07) is 0. The van der Waals surface area contributed by atoms with Crippen molar-refractivity contribution in [2.24, 2.45) is 0 Å². The Morgan fingerprint density at radius 1 is 1.42 bits per heavy atom. The second-order valence-corrected chi connectivity index (χ2v) is 4.70. The summed E-state index contributed by atoms with van der Waals surface area (Å²) in [6.45, 7) is 6.12. The van der Waals surface area contributed by atoms with Crippen molar-refractivity contribution >= 4 is 23.4 Å². The van der Waals surface area contributed by atoms with Crippen LogP contribution < -0.4 is 0 Å². The minimum Gasteiger partial charge on any atom is -0.381 e. The quantitative estimate of drug-likeness (QED) is 0.450. The maximum atomic E-state index is 5.61. The molecule has 0 amide bonds. The standard InChI is InChI=1S/C9H19ClOS/c1-3-6-11-7-8-12-9(2)4-5-10/h9H,3-8H2,1-2H3. The normalized spacial score (nSPS) is 13.2. The van der Waals surface area contributed by atoms with Crippen LogP contribution in [-0.2, 0) is 4.74 Å². The molecule has 0 aromatic carbocycles. The van der Waals surface area contributed by atoms with Crippen LogP contribution in [-0.4, -0.2) is 30.1 Å². The first-order chi connectivity index (χ1) is 5.81. The fourth-order valence-corrected chi connectivity index (χ4v) is 2.15. The number of hydrogen-bond donors (Lipinski definition) is 0. The molecule has 3 heteroatoms. The van der Waals surface area contributed by atoms with Gasteiger partial charge in [0.05, 0.1) is 6.61 Å². The summed E-state index contributed by atoms with van der Waals surface area (Å²) >= 11 is 7.56. The molecular formula is C9H19ClOS. The SMILES string of the molecule is CCCOCCSC(C)CCCl. The highest BCUT2D eigenvalue weighted by molar-refractivity contribution is 7.99. The van der Waals surface area contributed by atoms with E-state index in [9.17, 15) is 0 Å². The lowest BCUT2D eigenvalue weighted by Gasteiger charge is -2.08. The first-order valence-electron chi connectivity index (χ1n) is 4.56. The molecule has 0 radical (unpaired) electrons. The topological polar surface area (TPSA) is 9.23 Å². The summed E-state index contributed by atoms with van der Waals surface area (Å²) in [7, 11) is 0. The molecule has 12 heavy (non-hydrogen) atoms. The maximum absolute atomic E-state index is 5.61. The molecule has 1 atom stereocenters. The molecule has 0 N–H and O–H groups in total. The van der Waals surface area contributed by atoms with Crippen LogP contribution in [0.4, 0.5) is 0 Å². The summed E-state index contributed by atoms with van der Waals surface area (Å²) in [5.41, 5.74) is 0. The van der Waals surface area contributed by atoms with Gasteiger partial charge in [0.15, 0.2) is 0 Å². The van der Waals surface area contributed by atoms with Gasteiger partial charge < -0.3 is 4.74 Å². The second kappa shape index (κ2) is 9.69. The highest BCUT2D eigenvalue weighted by atomic mass is 35.5. The van der Waals surface area contributed by atoms with Gasteiger partial charge in [-0.25, -0.2) is 0 Å². The lowest BCUT2D eigenvalue weighted by Crippen LogP contribution is -2.03. The molecule has 0 spiro atoms. The highest BCUT2D eigenvalue weighted by Gasteiger charge is 2.00. The van der Waals surface area contributed by atoms with Gasteiger partial charge >= 0.3 is 0 Å². The zero-order chi connectivity index (χ0) is 9.23. The first-order valence-corrected chi connectivity index (χ1v) is 6.14. The van der Waals surface area contributed by atoms with E-state index >= 15 is 0 Å². The number of hydrogen-bond acceptors (Lipinski definition) is 2. The average Bonchev–Trinajstić information content (AvgIpc) is 2.05. The fraction of sp³-hybridized carbons (Fsp3) is 1.00. The van der Waals surface area contributed by atoms with Gasteiger partial charge in [-0.1, -0.05) is 13.8 Å². The number of halogens is 1. The Morgan fingerprint density at radius 3 is 2.75 bits per heavy atom. The molecule has 0 aromatic rings. The Balaban J connectivity index is 2.97. The summed E-state index contributed by atoms with van der Waals surface area (Å²) in [5, 5.41) is 0.674. The number of rotatable bonds is 8. The van der Waals surface area contributed by atoms with Gasteiger partial charge in [0.2, 0.25) is 0 Å². The Bertz CT molecular complexity index is 90.6. The van der Waals surface area contributed by atoms with E-state index in [-0.39, 0.29) is 0 Å². The van der Waals surface area contributed by atoms with E-state index in [1.54, 1.807) is 0 Å². The van der Waals surface area contributed by atoms with Crippen LogP contribution in [0.1, 0.15) is 26.7 Å². The van der Waals surface area contributed by atoms with E-state index in [0.717, 1.165) is 37.7 Å². The molecule has 74 valence electrons. The molecule has 0 aliphatic carbocycles. The molecule has 0 aromatic heterocycles. The van der Waals surface area contributed by atoms with E-state index in [0.29, 0.717) is 5.25 Å². The Morgan fingerprint density at radius 2 is 2.17 bits per heavy atom. The third-order valence-electron chi connectivity index (χ3n) is 1.49. The smallest absolute Gasteiger partial charge is 0.0556 e. The van der Waals surface area contributed by atoms with Gasteiger partial charge in [0, 0.05) is 23.5 Å². The van der Waals surface area contributed by atoms with Crippen molar-refractivity contribution in [3.63, 3.8) is 0 Å². The minimum absolute atomic E-state index is 0.674. The van der Waals surface area contributed by atoms with Crippen molar-refractivity contribution in [2.45, 2.75) is 31.9 Å². The Labute approximate surface area is 85.2 Å². The predicted molar refractivity (Wildman–Crippen MR) is 58.4 cm³/mol. The van der Waals surface area contributed by atoms with Gasteiger partial charge in [-0.05, 0) is 12.8 Å². The molecular weight excluding hydrogens is 192 g/mol. The zero-order valence-corrected chi connectivity index (χ0v) is 9.59. The van der Waals surface area contributed by atoms with E-state index in [2.05, 4.69) is 13.8 Å². The van der Waals surface area contributed by atoms with Gasteiger partial charge in [0.25, 0.3) is 0 Å². The van der Waals surface area contributed by atoms with Crippen molar-refractivity contribution in [3.8, 4) is 0 Å². The summed E-state index contributed by atoms with van der Waals surface area (Å²) in [4.78, 5) is 0. The largest absolute Gasteiger partial charge is 0.381 e. The van der Waals surface area contributed by atoms with Crippen LogP contribution >= 0.6 is 23.4 Å². The van der Waals surface area contributed by atoms with Crippen molar-refractivity contribution in [1.29, 1.82) is 0 Å². The van der Waals surface area contributed by atoms with Crippen LogP contribution in [0.3, 0.4) is 0 Å². The van der Waals surface area contributed by atoms with E-state index < -0.39 is 0 Å². The van der Waals surface area contributed by atoms with Gasteiger partial charge in [-0.2, -0.15) is 11.8 Å². The third-order valence-corrected chi connectivity index (χ3v) is 2.92. The Kier molecular flexibility index (Phi) is 10.2. The van der Waals surface area contributed by atoms with Gasteiger partial charge in [-0.3, -0.25) is 0 Å². The van der Waals surface area contributed by atoms with Crippen LogP contribution in [0.25, 0.3) is 0 Å². The molecule has 0 bridgehead atoms. The summed E-state index contributed by atoms with van der Waals surface area (Å²) < 4.78 is 5.36. The van der Waals surface area contributed by atoms with Crippen LogP contribution in [0, 0.1) is 0 Å². The predicted octanol–water partition coefficient (Wildman–Crippen LogP) is 3.16. The number of thioether (sulfide) groups is 1. The lowest BCUT2D eigenvalue weighted by atomic mass is 10.4. The highest BCUT2D eigenvalue weighted by Crippen LogP contribution is 2.13. The molecule has 1 nitrogen and oxygen atoms in total. The van der Waals surface area contributed by atoms with E-state index in [4.69, 9.17) is 16.3 Å². The third kappa shape index (κ3) is 8.69. The van der Waals surface area contributed by atoms with Gasteiger partial charge in [-0.15, -0.1) is 11.6 Å². The minimum atomic E-state index is 0.674. The summed E-state index contributed by atoms with van der Waals surface area (Å²) in [6.07, 6.45) is 2.21. The molecule has 0 heterocycles. The molecule has 1 unspecified atom stereocenters. The monoisotopic (exact) mass is 210 g/mol. The average molecular weight is 211 g/mol. The van der Waals surface area contributed by atoms with Crippen LogP contribution in [0.15, 0.2) is 0 Å². The van der Waals surface area contributed by atoms with E-state index in [1.165, 1.54) is 0 Å².